The van der Waals surface area contributed by atoms with Crippen LogP contribution in [0.15, 0.2) is 0 Å². The Morgan fingerprint density at radius 1 is 1.43 bits per heavy atom. The number of anilines is 1. The number of nitrogens with one attached hydrogen (secondary N) is 1. The Kier molecular flexibility index (Phi) is 1.95. The van der Waals surface area contributed by atoms with Gasteiger partial charge in [0.2, 0.25) is 5.13 Å². The van der Waals surface area contributed by atoms with Crippen LogP contribution in [0, 0.1) is 0 Å². The molecule has 76 valence electrons. The van der Waals surface area contributed by atoms with Crippen LogP contribution in [0.25, 0.3) is 0 Å². The van der Waals surface area contributed by atoms with Gasteiger partial charge in [0.15, 0.2) is 0 Å². The topological polar surface area (TPSA) is 41.0 Å². The molecule has 1 aliphatic heterocycles. The molecule has 0 radical (unpaired) electrons. The summed E-state index contributed by atoms with van der Waals surface area (Å²) in [4.78, 5) is 6.79. The number of likely N-dealkylation sites (tertiary alicyclic amines) is 1. The second kappa shape index (κ2) is 3.17. The maximum absolute atomic E-state index is 4.50. The maximum atomic E-state index is 4.50. The molecule has 1 N–H and O–H groups in total. The van der Waals surface area contributed by atoms with Crippen molar-refractivity contribution >= 4 is 16.7 Å². The molecular weight excluding hydrogens is 196 g/mol. The Hall–Kier alpha value is -0.680. The Labute approximate surface area is 87.5 Å². The lowest BCUT2D eigenvalue weighted by atomic mass is 10.1. The molecule has 2 fully saturated rings. The molecule has 1 saturated heterocycles. The summed E-state index contributed by atoms with van der Waals surface area (Å²) in [5, 5.41) is 4.42. The summed E-state index contributed by atoms with van der Waals surface area (Å²) in [5.41, 5.74) is 0. The summed E-state index contributed by atoms with van der Waals surface area (Å²) in [6.07, 6.45) is 2.56. The van der Waals surface area contributed by atoms with E-state index in [2.05, 4.69) is 26.6 Å². The zero-order valence-electron chi connectivity index (χ0n) is 8.23. The molecule has 2 heterocycles. The minimum atomic E-state index is 0.583. The zero-order valence-corrected chi connectivity index (χ0v) is 9.05. The smallest absolute Gasteiger partial charge is 0.202 e. The molecule has 0 bridgehead atoms. The van der Waals surface area contributed by atoms with E-state index >= 15 is 0 Å². The molecule has 14 heavy (non-hydrogen) atoms. The minimum Gasteiger partial charge on any atom is -0.355 e. The molecule has 5 heteroatoms. The summed E-state index contributed by atoms with van der Waals surface area (Å²) < 4.78 is 4.36. The molecule has 0 atom stereocenters. The molecule has 2 aliphatic rings. The van der Waals surface area contributed by atoms with Gasteiger partial charge in [-0.05, 0) is 19.9 Å². The minimum absolute atomic E-state index is 0.583. The third-order valence-electron chi connectivity index (χ3n) is 2.78. The van der Waals surface area contributed by atoms with E-state index < -0.39 is 0 Å². The Balaban J connectivity index is 1.60. The SMILES string of the molecule is CN1CC(Nc2nc(C3CC3)ns2)C1. The monoisotopic (exact) mass is 210 g/mol. The number of hydrogen-bond donors (Lipinski definition) is 1. The van der Waals surface area contributed by atoms with Crippen LogP contribution in [0.2, 0.25) is 0 Å². The van der Waals surface area contributed by atoms with Crippen LogP contribution >= 0.6 is 11.5 Å². The first-order valence-corrected chi connectivity index (χ1v) is 5.87. The van der Waals surface area contributed by atoms with Gasteiger partial charge in [0.25, 0.3) is 0 Å². The molecule has 1 aliphatic carbocycles. The lowest BCUT2D eigenvalue weighted by molar-refractivity contribution is 0.205. The molecule has 0 unspecified atom stereocenters. The normalized spacial score (nSPS) is 23.5. The quantitative estimate of drug-likeness (QED) is 0.812. The fourth-order valence-electron chi connectivity index (χ4n) is 1.77. The second-order valence-electron chi connectivity index (χ2n) is 4.29. The molecule has 1 aromatic heterocycles. The highest BCUT2D eigenvalue weighted by atomic mass is 32.1. The van der Waals surface area contributed by atoms with Crippen LogP contribution in [0.3, 0.4) is 0 Å². The van der Waals surface area contributed by atoms with Gasteiger partial charge in [0, 0.05) is 30.5 Å². The summed E-state index contributed by atoms with van der Waals surface area (Å²) in [7, 11) is 2.13. The van der Waals surface area contributed by atoms with Crippen LogP contribution in [0.4, 0.5) is 5.13 Å². The van der Waals surface area contributed by atoms with Crippen molar-refractivity contribution in [2.45, 2.75) is 24.8 Å². The Morgan fingerprint density at radius 3 is 2.86 bits per heavy atom. The van der Waals surface area contributed by atoms with Gasteiger partial charge < -0.3 is 10.2 Å². The lowest BCUT2D eigenvalue weighted by Gasteiger charge is -2.36. The van der Waals surface area contributed by atoms with Gasteiger partial charge in [-0.15, -0.1) is 0 Å². The van der Waals surface area contributed by atoms with Gasteiger partial charge in [-0.2, -0.15) is 4.37 Å². The second-order valence-corrected chi connectivity index (χ2v) is 5.05. The van der Waals surface area contributed by atoms with Crippen molar-refractivity contribution in [1.82, 2.24) is 14.3 Å². The summed E-state index contributed by atoms with van der Waals surface area (Å²) in [6.45, 7) is 2.25. The van der Waals surface area contributed by atoms with E-state index in [1.54, 1.807) is 0 Å². The van der Waals surface area contributed by atoms with E-state index in [-0.39, 0.29) is 0 Å². The molecular formula is C9H14N4S. The van der Waals surface area contributed by atoms with Gasteiger partial charge in [0.05, 0.1) is 6.04 Å². The molecule has 1 aromatic rings. The van der Waals surface area contributed by atoms with Crippen molar-refractivity contribution in [3.05, 3.63) is 5.82 Å². The van der Waals surface area contributed by atoms with Crippen molar-refractivity contribution in [3.63, 3.8) is 0 Å². The predicted octanol–water partition coefficient (Wildman–Crippen LogP) is 1.14. The molecule has 4 nitrogen and oxygen atoms in total. The summed E-state index contributed by atoms with van der Waals surface area (Å²) in [6, 6.07) is 0.583. The maximum Gasteiger partial charge on any atom is 0.202 e. The number of hydrogen-bond acceptors (Lipinski definition) is 5. The summed E-state index contributed by atoms with van der Waals surface area (Å²) in [5.74, 6) is 1.73. The molecule has 0 spiro atoms. The first-order chi connectivity index (χ1) is 6.81. The van der Waals surface area contributed by atoms with Crippen molar-refractivity contribution in [1.29, 1.82) is 0 Å². The highest BCUT2D eigenvalue weighted by Gasteiger charge is 2.29. The van der Waals surface area contributed by atoms with E-state index in [1.807, 2.05) is 0 Å². The van der Waals surface area contributed by atoms with E-state index in [4.69, 9.17) is 0 Å². The van der Waals surface area contributed by atoms with Crippen LogP contribution in [-0.4, -0.2) is 40.4 Å². The zero-order chi connectivity index (χ0) is 9.54. The third kappa shape index (κ3) is 1.62. The largest absolute Gasteiger partial charge is 0.355 e. The average molecular weight is 210 g/mol. The van der Waals surface area contributed by atoms with Crippen molar-refractivity contribution in [2.24, 2.45) is 0 Å². The van der Waals surface area contributed by atoms with Crippen molar-refractivity contribution < 1.29 is 0 Å². The Bertz CT molecular complexity index is 327. The number of rotatable bonds is 3. The van der Waals surface area contributed by atoms with E-state index in [9.17, 15) is 0 Å². The van der Waals surface area contributed by atoms with E-state index in [0.29, 0.717) is 12.0 Å². The Morgan fingerprint density at radius 2 is 2.21 bits per heavy atom. The van der Waals surface area contributed by atoms with E-state index in [0.717, 1.165) is 24.0 Å². The van der Waals surface area contributed by atoms with Gasteiger partial charge in [-0.25, -0.2) is 4.98 Å². The highest BCUT2D eigenvalue weighted by molar-refractivity contribution is 7.09. The number of nitrogens with zero attached hydrogens (tertiary/aromatic N) is 3. The first kappa shape index (κ1) is 8.61. The third-order valence-corrected chi connectivity index (χ3v) is 3.44. The average Bonchev–Trinajstić information content (AvgIpc) is 2.86. The number of aromatic nitrogens is 2. The van der Waals surface area contributed by atoms with Crippen LogP contribution in [0.1, 0.15) is 24.6 Å². The van der Waals surface area contributed by atoms with Crippen molar-refractivity contribution in [2.75, 3.05) is 25.5 Å². The van der Waals surface area contributed by atoms with Gasteiger partial charge in [-0.3, -0.25) is 0 Å². The standard InChI is InChI=1S/C9H14N4S/c1-13-4-7(5-13)10-9-11-8(12-14-9)6-2-3-6/h6-7H,2-5H2,1H3,(H,10,11,12). The molecule has 1 saturated carbocycles. The van der Waals surface area contributed by atoms with Crippen LogP contribution in [-0.2, 0) is 0 Å². The van der Waals surface area contributed by atoms with Crippen LogP contribution < -0.4 is 5.32 Å². The number of likely N-dealkylation sites (N-methyl/N-ethyl adjacent to an activating group) is 1. The fourth-order valence-corrected chi connectivity index (χ4v) is 2.49. The molecule has 0 amide bonds. The molecule has 0 aromatic carbocycles. The van der Waals surface area contributed by atoms with Gasteiger partial charge >= 0.3 is 0 Å². The predicted molar refractivity (Wildman–Crippen MR) is 56.8 cm³/mol. The summed E-state index contributed by atoms with van der Waals surface area (Å²) >= 11 is 1.51. The molecule has 3 rings (SSSR count). The van der Waals surface area contributed by atoms with Gasteiger partial charge in [-0.1, -0.05) is 0 Å². The fraction of sp³-hybridized carbons (Fsp3) is 0.778. The highest BCUT2D eigenvalue weighted by Crippen LogP contribution is 2.39. The van der Waals surface area contributed by atoms with Crippen molar-refractivity contribution in [3.8, 4) is 0 Å². The first-order valence-electron chi connectivity index (χ1n) is 5.10. The van der Waals surface area contributed by atoms with E-state index in [1.165, 1.54) is 24.4 Å². The van der Waals surface area contributed by atoms with Gasteiger partial charge in [0.1, 0.15) is 5.82 Å². The van der Waals surface area contributed by atoms with Crippen LogP contribution in [0.5, 0.6) is 0 Å². The lowest BCUT2D eigenvalue weighted by Crippen LogP contribution is -2.52.